The molecule has 5 nitrogen and oxygen atoms in total. The molecule has 3 rings (SSSR count). The quantitative estimate of drug-likeness (QED) is 0.806. The molecular weight excluding hydrogens is 357 g/mol. The topological polar surface area (TPSA) is 61.4 Å². The van der Waals surface area contributed by atoms with Crippen LogP contribution in [0.1, 0.15) is 24.0 Å². The minimum Gasteiger partial charge on any atom is -0.352 e. The molecule has 0 aliphatic carbocycles. The number of hydrogen-bond acceptors (Lipinski definition) is 3. The summed E-state index contributed by atoms with van der Waals surface area (Å²) in [6.07, 6.45) is 1.48. The highest BCUT2D eigenvalue weighted by Crippen LogP contribution is 2.18. The summed E-state index contributed by atoms with van der Waals surface area (Å²) in [6.45, 7) is 4.27. The molecule has 1 saturated heterocycles. The fourth-order valence-electron chi connectivity index (χ4n) is 3.33. The van der Waals surface area contributed by atoms with Crippen LogP contribution in [0.15, 0.2) is 48.5 Å². The lowest BCUT2D eigenvalue weighted by Crippen LogP contribution is -2.43. The Bertz CT molecular complexity index is 798. The molecule has 1 aliphatic heterocycles. The van der Waals surface area contributed by atoms with Crippen molar-refractivity contribution in [2.75, 3.05) is 25.0 Å². The molecule has 2 aromatic carbocycles. The maximum Gasteiger partial charge on any atom is 0.238 e. The third-order valence-corrected chi connectivity index (χ3v) is 5.04. The average Bonchev–Trinajstić information content (AvgIpc) is 2.69. The second kappa shape index (κ2) is 9.46. The molecule has 6 heteroatoms. The maximum atomic E-state index is 12.9. The Morgan fingerprint density at radius 1 is 1.04 bits per heavy atom. The van der Waals surface area contributed by atoms with Crippen LogP contribution in [-0.2, 0) is 16.1 Å². The van der Waals surface area contributed by atoms with Gasteiger partial charge in [-0.3, -0.25) is 14.5 Å². The number of amides is 2. The average molecular weight is 383 g/mol. The lowest BCUT2D eigenvalue weighted by molar-refractivity contribution is -0.126. The molecular formula is C22H26FN3O2. The molecule has 0 radical (unpaired) electrons. The summed E-state index contributed by atoms with van der Waals surface area (Å²) in [5.41, 5.74) is 2.87. The molecule has 0 aromatic heterocycles. The number of nitrogens with one attached hydrogen (secondary N) is 2. The Labute approximate surface area is 164 Å². The van der Waals surface area contributed by atoms with Crippen molar-refractivity contribution >= 4 is 17.5 Å². The van der Waals surface area contributed by atoms with Crippen LogP contribution >= 0.6 is 0 Å². The van der Waals surface area contributed by atoms with Crippen molar-refractivity contribution < 1.29 is 14.0 Å². The van der Waals surface area contributed by atoms with E-state index in [1.54, 1.807) is 0 Å². The Hall–Kier alpha value is -2.73. The van der Waals surface area contributed by atoms with Crippen LogP contribution in [0, 0.1) is 18.7 Å². The molecule has 0 bridgehead atoms. The smallest absolute Gasteiger partial charge is 0.238 e. The van der Waals surface area contributed by atoms with Gasteiger partial charge in [0.15, 0.2) is 0 Å². The van der Waals surface area contributed by atoms with Crippen LogP contribution < -0.4 is 10.6 Å². The number of carbonyl (C=O) groups excluding carboxylic acids is 2. The third-order valence-electron chi connectivity index (χ3n) is 5.04. The first-order valence-corrected chi connectivity index (χ1v) is 9.60. The van der Waals surface area contributed by atoms with Crippen LogP contribution in [0.2, 0.25) is 0 Å². The Morgan fingerprint density at radius 3 is 2.32 bits per heavy atom. The number of piperidine rings is 1. The van der Waals surface area contributed by atoms with Crippen LogP contribution in [0.3, 0.4) is 0 Å². The molecule has 1 heterocycles. The SMILES string of the molecule is Cc1ccc(CNC(=O)C2CCN(CC(=O)Nc3ccc(F)cc3)CC2)cc1. The molecule has 28 heavy (non-hydrogen) atoms. The number of anilines is 1. The first kappa shape index (κ1) is 20.0. The molecule has 2 N–H and O–H groups in total. The first-order valence-electron chi connectivity index (χ1n) is 9.60. The van der Waals surface area contributed by atoms with Gasteiger partial charge in [0.2, 0.25) is 11.8 Å². The summed E-state index contributed by atoms with van der Waals surface area (Å²) >= 11 is 0. The summed E-state index contributed by atoms with van der Waals surface area (Å²) < 4.78 is 12.9. The van der Waals surface area contributed by atoms with Gasteiger partial charge in [0.25, 0.3) is 0 Å². The van der Waals surface area contributed by atoms with E-state index in [2.05, 4.69) is 10.6 Å². The zero-order valence-corrected chi connectivity index (χ0v) is 16.1. The summed E-state index contributed by atoms with van der Waals surface area (Å²) in [4.78, 5) is 26.6. The van der Waals surface area contributed by atoms with E-state index in [0.717, 1.165) is 18.4 Å². The summed E-state index contributed by atoms with van der Waals surface area (Å²) in [6, 6.07) is 13.8. The Kier molecular flexibility index (Phi) is 6.76. The molecule has 148 valence electrons. The highest BCUT2D eigenvalue weighted by molar-refractivity contribution is 5.92. The molecule has 2 aromatic rings. The van der Waals surface area contributed by atoms with E-state index in [-0.39, 0.29) is 30.1 Å². The van der Waals surface area contributed by atoms with E-state index < -0.39 is 0 Å². The molecule has 0 unspecified atom stereocenters. The first-order chi connectivity index (χ1) is 13.5. The van der Waals surface area contributed by atoms with Gasteiger partial charge in [0, 0.05) is 18.2 Å². The van der Waals surface area contributed by atoms with Gasteiger partial charge >= 0.3 is 0 Å². The number of aryl methyl sites for hydroxylation is 1. The van der Waals surface area contributed by atoms with Gasteiger partial charge < -0.3 is 10.6 Å². The van der Waals surface area contributed by atoms with Gasteiger partial charge in [-0.1, -0.05) is 29.8 Å². The zero-order valence-electron chi connectivity index (χ0n) is 16.1. The predicted molar refractivity (Wildman–Crippen MR) is 107 cm³/mol. The van der Waals surface area contributed by atoms with Crippen molar-refractivity contribution in [1.29, 1.82) is 0 Å². The second-order valence-electron chi connectivity index (χ2n) is 7.31. The van der Waals surface area contributed by atoms with E-state index in [1.165, 1.54) is 29.8 Å². The number of likely N-dealkylation sites (tertiary alicyclic amines) is 1. The minimum atomic E-state index is -0.333. The van der Waals surface area contributed by atoms with E-state index in [1.807, 2.05) is 36.1 Å². The van der Waals surface area contributed by atoms with E-state index in [4.69, 9.17) is 0 Å². The number of halogens is 1. The fraction of sp³-hybridized carbons (Fsp3) is 0.364. The van der Waals surface area contributed by atoms with Crippen molar-refractivity contribution in [3.8, 4) is 0 Å². The van der Waals surface area contributed by atoms with Gasteiger partial charge in [-0.25, -0.2) is 4.39 Å². The third kappa shape index (κ3) is 5.89. The van der Waals surface area contributed by atoms with Crippen LogP contribution in [0.4, 0.5) is 10.1 Å². The largest absolute Gasteiger partial charge is 0.352 e. The van der Waals surface area contributed by atoms with Gasteiger partial charge in [-0.05, 0) is 62.7 Å². The predicted octanol–water partition coefficient (Wildman–Crippen LogP) is 3.10. The number of benzene rings is 2. The second-order valence-corrected chi connectivity index (χ2v) is 7.31. The fourth-order valence-corrected chi connectivity index (χ4v) is 3.33. The summed E-state index contributed by atoms with van der Waals surface area (Å²) in [5, 5.41) is 5.78. The van der Waals surface area contributed by atoms with Crippen molar-refractivity contribution in [2.45, 2.75) is 26.3 Å². The number of rotatable bonds is 6. The maximum absolute atomic E-state index is 12.9. The molecule has 1 aliphatic rings. The highest BCUT2D eigenvalue weighted by atomic mass is 19.1. The Morgan fingerprint density at radius 2 is 1.68 bits per heavy atom. The molecule has 2 amide bonds. The number of carbonyl (C=O) groups is 2. The number of hydrogen-bond donors (Lipinski definition) is 2. The van der Waals surface area contributed by atoms with Gasteiger partial charge in [-0.15, -0.1) is 0 Å². The van der Waals surface area contributed by atoms with Crippen molar-refractivity contribution in [2.24, 2.45) is 5.92 Å². The summed E-state index contributed by atoms with van der Waals surface area (Å²) in [5.74, 6) is -0.396. The molecule has 0 atom stereocenters. The lowest BCUT2D eigenvalue weighted by atomic mass is 9.96. The zero-order chi connectivity index (χ0) is 19.9. The monoisotopic (exact) mass is 383 g/mol. The molecule has 1 fully saturated rings. The highest BCUT2D eigenvalue weighted by Gasteiger charge is 2.25. The van der Waals surface area contributed by atoms with Gasteiger partial charge in [0.1, 0.15) is 5.82 Å². The van der Waals surface area contributed by atoms with Crippen LogP contribution in [0.25, 0.3) is 0 Å². The van der Waals surface area contributed by atoms with Gasteiger partial charge in [0.05, 0.1) is 6.54 Å². The van der Waals surface area contributed by atoms with E-state index in [0.29, 0.717) is 25.3 Å². The minimum absolute atomic E-state index is 0.0122. The van der Waals surface area contributed by atoms with Gasteiger partial charge in [-0.2, -0.15) is 0 Å². The normalized spacial score (nSPS) is 15.2. The standard InChI is InChI=1S/C22H26FN3O2/c1-16-2-4-17(5-3-16)14-24-22(28)18-10-12-26(13-11-18)15-21(27)25-20-8-6-19(23)7-9-20/h2-9,18H,10-15H2,1H3,(H,24,28)(H,25,27). The molecule has 0 spiro atoms. The molecule has 0 saturated carbocycles. The lowest BCUT2D eigenvalue weighted by Gasteiger charge is -2.30. The van der Waals surface area contributed by atoms with E-state index >= 15 is 0 Å². The Balaban J connectivity index is 1.38. The van der Waals surface area contributed by atoms with Crippen molar-refractivity contribution in [3.05, 3.63) is 65.5 Å². The van der Waals surface area contributed by atoms with Crippen molar-refractivity contribution in [3.63, 3.8) is 0 Å². The summed E-state index contributed by atoms with van der Waals surface area (Å²) in [7, 11) is 0. The number of nitrogens with zero attached hydrogens (tertiary/aromatic N) is 1. The van der Waals surface area contributed by atoms with Crippen molar-refractivity contribution in [1.82, 2.24) is 10.2 Å². The van der Waals surface area contributed by atoms with Crippen LogP contribution in [0.5, 0.6) is 0 Å². The van der Waals surface area contributed by atoms with E-state index in [9.17, 15) is 14.0 Å². The van der Waals surface area contributed by atoms with Crippen LogP contribution in [-0.4, -0.2) is 36.3 Å².